The molecule has 5 amide bonds. The molecule has 11 rings (SSSR count). The van der Waals surface area contributed by atoms with E-state index in [4.69, 9.17) is 35.3 Å². The van der Waals surface area contributed by atoms with Crippen LogP contribution in [0, 0.1) is 24.0 Å². The van der Waals surface area contributed by atoms with E-state index in [1.54, 1.807) is 42.6 Å². The van der Waals surface area contributed by atoms with Gasteiger partial charge in [-0.2, -0.15) is 9.97 Å². The zero-order chi connectivity index (χ0) is 52.7. The van der Waals surface area contributed by atoms with Gasteiger partial charge in [-0.05, 0) is 68.2 Å². The number of hydrogen-bond acceptors (Lipinski definition) is 16. The van der Waals surface area contributed by atoms with Gasteiger partial charge in [-0.25, -0.2) is 13.6 Å². The van der Waals surface area contributed by atoms with Crippen LogP contribution < -0.4 is 30.9 Å². The average molecular weight is 1040 g/mol. The second-order valence-electron chi connectivity index (χ2n) is 20.2. The fraction of sp³-hybridized carbons (Fsp3) is 0.418. The smallest absolute Gasteiger partial charge is 0.407 e. The summed E-state index contributed by atoms with van der Waals surface area (Å²) in [4.78, 5) is 82.4. The number of pyridine rings is 1. The van der Waals surface area contributed by atoms with Crippen LogP contribution in [0.1, 0.15) is 71.2 Å². The Bertz CT molecular complexity index is 3230. The number of rotatable bonds is 18. The SMILES string of the molecule is C#Cc1c(F)ccc2cccc(-c3ncc4c(N5CC6CCC(C5)N6)nc(OC[C@@]56CC[C@@H](COC(=O)NCCOCCOCCNc7ccc8c(c7)C(=O)N(C7CCC(=O)NC7=O)C8=O)N5CC(=C)C6)nc4c3F)c12. The molecule has 0 saturated carbocycles. The van der Waals surface area contributed by atoms with Gasteiger partial charge >= 0.3 is 12.1 Å². The Morgan fingerprint density at radius 3 is 2.50 bits per heavy atom. The largest absolute Gasteiger partial charge is 0.461 e. The lowest BCUT2D eigenvalue weighted by Crippen LogP contribution is -2.54. The summed E-state index contributed by atoms with van der Waals surface area (Å²) in [6, 6.07) is 12.3. The predicted molar refractivity (Wildman–Crippen MR) is 275 cm³/mol. The quantitative estimate of drug-likeness (QED) is 0.0399. The van der Waals surface area contributed by atoms with E-state index in [2.05, 4.69) is 48.6 Å². The Balaban J connectivity index is 0.653. The summed E-state index contributed by atoms with van der Waals surface area (Å²) >= 11 is 0. The van der Waals surface area contributed by atoms with Gasteiger partial charge in [0.1, 0.15) is 42.1 Å². The van der Waals surface area contributed by atoms with Crippen molar-refractivity contribution in [1.29, 1.82) is 0 Å². The van der Waals surface area contributed by atoms with Crippen LogP contribution in [0.2, 0.25) is 0 Å². The highest BCUT2D eigenvalue weighted by molar-refractivity contribution is 6.23. The van der Waals surface area contributed by atoms with Gasteiger partial charge in [0.15, 0.2) is 5.82 Å². The van der Waals surface area contributed by atoms with Crippen molar-refractivity contribution in [2.75, 3.05) is 82.6 Å². The van der Waals surface area contributed by atoms with Crippen LogP contribution in [0.15, 0.2) is 66.9 Å². The number of terminal acetylenes is 1. The fourth-order valence-electron chi connectivity index (χ4n) is 11.7. The monoisotopic (exact) mass is 1040 g/mol. The lowest BCUT2D eigenvalue weighted by molar-refractivity contribution is -0.136. The minimum atomic E-state index is -1.03. The van der Waals surface area contributed by atoms with Crippen molar-refractivity contribution in [2.24, 2.45) is 0 Å². The third kappa shape index (κ3) is 9.77. The molecule has 394 valence electrons. The predicted octanol–water partition coefficient (Wildman–Crippen LogP) is 4.86. The summed E-state index contributed by atoms with van der Waals surface area (Å²) in [7, 11) is 0. The van der Waals surface area contributed by atoms with E-state index in [9.17, 15) is 24.0 Å². The van der Waals surface area contributed by atoms with Crippen molar-refractivity contribution in [1.82, 2.24) is 40.7 Å². The molecule has 76 heavy (non-hydrogen) atoms. The zero-order valence-corrected chi connectivity index (χ0v) is 41.6. The topological polar surface area (TPSA) is 219 Å². The van der Waals surface area contributed by atoms with Crippen LogP contribution in [-0.2, 0) is 23.8 Å². The number of ether oxygens (including phenoxy) is 4. The van der Waals surface area contributed by atoms with Crippen molar-refractivity contribution >= 4 is 62.9 Å². The Kier molecular flexibility index (Phi) is 14.1. The first-order valence-electron chi connectivity index (χ1n) is 25.7. The highest BCUT2D eigenvalue weighted by Crippen LogP contribution is 2.45. The molecule has 0 spiro atoms. The van der Waals surface area contributed by atoms with Crippen LogP contribution in [-0.4, -0.2) is 157 Å². The molecule has 5 atom stereocenters. The number of nitrogens with one attached hydrogen (secondary N) is 4. The number of carbonyl (C=O) groups excluding carboxylic acids is 5. The van der Waals surface area contributed by atoms with Crippen molar-refractivity contribution in [3.63, 3.8) is 0 Å². The van der Waals surface area contributed by atoms with Crippen LogP contribution in [0.5, 0.6) is 6.01 Å². The number of alkyl carbamates (subject to hydrolysis) is 1. The summed E-state index contributed by atoms with van der Waals surface area (Å²) in [5.74, 6) is -0.553. The maximum absolute atomic E-state index is 17.2. The van der Waals surface area contributed by atoms with Gasteiger partial charge in [-0.1, -0.05) is 42.3 Å². The molecular formula is C55H56F2N10O9. The Morgan fingerprint density at radius 1 is 0.921 bits per heavy atom. The van der Waals surface area contributed by atoms with E-state index in [1.165, 1.54) is 12.1 Å². The Morgan fingerprint density at radius 2 is 1.71 bits per heavy atom. The summed E-state index contributed by atoms with van der Waals surface area (Å²) in [5, 5.41) is 13.2. The maximum atomic E-state index is 17.2. The summed E-state index contributed by atoms with van der Waals surface area (Å²) in [6.07, 6.45) is 11.1. The standard InChI is InChI=1S/C55H56F2N10O9/c1-3-37-42(56)12-7-32-5-4-6-39(45(32)37)47-46(57)48-41(25-60-47)49(65-27-34-8-9-35(28-65)61-34)64-53(63-48)76-30-55-16-15-36(66(55)26-31(2)24-55)29-75-54(72)59-18-20-74-22-21-73-19-17-58-33-10-11-38-40(23-33)52(71)67(51(38)70)43-13-14-44(68)62-50(43)69/h1,4-7,10-12,23,25,34-36,43,58,61H,2,8-9,13-22,24,26-30H2,(H,59,72)(H,62,68,69)/t34?,35?,36-,43?,55-/m0/s1. The number of amides is 5. The molecule has 21 heteroatoms. The number of aromatic nitrogens is 3. The van der Waals surface area contributed by atoms with Gasteiger partial charge in [0, 0.05) is 80.1 Å². The minimum Gasteiger partial charge on any atom is -0.461 e. The molecule has 5 fully saturated rings. The second kappa shape index (κ2) is 21.2. The number of nitrogens with zero attached hydrogens (tertiary/aromatic N) is 6. The van der Waals surface area contributed by atoms with Gasteiger partial charge in [-0.3, -0.25) is 39.3 Å². The molecule has 2 bridgehead atoms. The molecule has 5 aromatic rings. The number of hydrogen-bond donors (Lipinski definition) is 4. The Labute approximate surface area is 436 Å². The van der Waals surface area contributed by atoms with Crippen LogP contribution in [0.3, 0.4) is 0 Å². The number of halogens is 2. The molecular weight excluding hydrogens is 983 g/mol. The maximum Gasteiger partial charge on any atom is 0.407 e. The first kappa shape index (κ1) is 50.5. The van der Waals surface area contributed by atoms with E-state index in [0.29, 0.717) is 79.0 Å². The van der Waals surface area contributed by atoms with Crippen LogP contribution in [0.4, 0.5) is 25.1 Å². The third-order valence-corrected chi connectivity index (χ3v) is 15.3. The molecule has 0 radical (unpaired) electrons. The highest BCUT2D eigenvalue weighted by atomic mass is 19.1. The number of imide groups is 2. The first-order valence-corrected chi connectivity index (χ1v) is 25.7. The normalized spacial score (nSPS) is 23.0. The molecule has 3 unspecified atom stereocenters. The van der Waals surface area contributed by atoms with Gasteiger partial charge in [0.2, 0.25) is 11.8 Å². The number of carbonyl (C=O) groups is 5. The number of fused-ring (bicyclic) bond motifs is 6. The van der Waals surface area contributed by atoms with Gasteiger partial charge < -0.3 is 39.8 Å². The van der Waals surface area contributed by atoms with Crippen molar-refractivity contribution in [3.05, 3.63) is 95.2 Å². The highest BCUT2D eigenvalue weighted by Gasteiger charge is 2.52. The molecule has 19 nitrogen and oxygen atoms in total. The first-order chi connectivity index (χ1) is 36.9. The number of benzene rings is 3. The molecule has 6 aliphatic heterocycles. The number of anilines is 2. The van der Waals surface area contributed by atoms with Gasteiger partial charge in [0.25, 0.3) is 11.8 Å². The minimum absolute atomic E-state index is 0.0171. The van der Waals surface area contributed by atoms with Crippen molar-refractivity contribution < 1.29 is 51.7 Å². The van der Waals surface area contributed by atoms with Crippen LogP contribution in [0.25, 0.3) is 32.9 Å². The zero-order valence-electron chi connectivity index (χ0n) is 41.6. The molecule has 6 aliphatic rings. The van der Waals surface area contributed by atoms with E-state index in [1.807, 2.05) is 0 Å². The van der Waals surface area contributed by atoms with Crippen molar-refractivity contribution in [2.45, 2.75) is 74.7 Å². The second-order valence-corrected chi connectivity index (χ2v) is 20.2. The van der Waals surface area contributed by atoms with E-state index >= 15 is 8.78 Å². The fourth-order valence-corrected chi connectivity index (χ4v) is 11.7. The van der Waals surface area contributed by atoms with E-state index in [-0.39, 0.29) is 97.9 Å². The summed E-state index contributed by atoms with van der Waals surface area (Å²) in [5.41, 5.74) is 1.90. The summed E-state index contributed by atoms with van der Waals surface area (Å²) in [6.45, 7) is 8.32. The molecule has 2 aromatic heterocycles. The third-order valence-electron chi connectivity index (χ3n) is 15.3. The van der Waals surface area contributed by atoms with Crippen LogP contribution >= 0.6 is 0 Å². The average Bonchev–Trinajstić information content (AvgIpc) is 4.17. The number of piperazine rings is 1. The molecule has 5 saturated heterocycles. The molecule has 3 aromatic carbocycles. The lowest BCUT2D eigenvalue weighted by Gasteiger charge is -2.35. The van der Waals surface area contributed by atoms with Gasteiger partial charge in [-0.15, -0.1) is 6.42 Å². The Hall–Kier alpha value is -7.64. The molecule has 4 N–H and O–H groups in total. The van der Waals surface area contributed by atoms with E-state index in [0.717, 1.165) is 36.2 Å². The van der Waals surface area contributed by atoms with Crippen molar-refractivity contribution in [3.8, 4) is 29.6 Å². The number of piperidine rings is 1. The van der Waals surface area contributed by atoms with Gasteiger partial charge in [0.05, 0.1) is 54.0 Å². The molecule has 0 aliphatic carbocycles. The molecule has 8 heterocycles. The van der Waals surface area contributed by atoms with E-state index < -0.39 is 52.9 Å². The summed E-state index contributed by atoms with van der Waals surface area (Å²) < 4.78 is 55.7. The lowest BCUT2D eigenvalue weighted by atomic mass is 9.94.